The molecule has 19 heavy (non-hydrogen) atoms. The fraction of sp³-hybridized carbons (Fsp3) is 0.600. The van der Waals surface area contributed by atoms with Gasteiger partial charge in [-0.2, -0.15) is 0 Å². The fourth-order valence-electron chi connectivity index (χ4n) is 3.36. The number of benzene rings is 1. The van der Waals surface area contributed by atoms with E-state index in [1.165, 1.54) is 12.8 Å². The molecule has 4 heteroatoms. The lowest BCUT2D eigenvalue weighted by Gasteiger charge is -2.23. The van der Waals surface area contributed by atoms with Crippen molar-refractivity contribution >= 4 is 11.6 Å². The Balaban J connectivity index is 1.71. The van der Waals surface area contributed by atoms with E-state index in [1.54, 1.807) is 19.1 Å². The van der Waals surface area contributed by atoms with Crippen molar-refractivity contribution in [2.75, 3.05) is 26.2 Å². The van der Waals surface area contributed by atoms with E-state index in [1.807, 2.05) is 0 Å². The molecule has 2 saturated heterocycles. The first-order valence-electron chi connectivity index (χ1n) is 6.96. The molecular formula is C15H20ClFN2. The lowest BCUT2D eigenvalue weighted by atomic mass is 9.86. The second-order valence-corrected chi connectivity index (χ2v) is 6.49. The molecule has 2 aliphatic rings. The molecule has 2 fully saturated rings. The van der Waals surface area contributed by atoms with E-state index in [2.05, 4.69) is 10.2 Å². The zero-order valence-corrected chi connectivity index (χ0v) is 12.1. The molecule has 0 radical (unpaired) electrons. The number of hydrogen-bond donors (Lipinski definition) is 1. The average molecular weight is 283 g/mol. The minimum Gasteiger partial charge on any atom is -0.316 e. The van der Waals surface area contributed by atoms with Crippen molar-refractivity contribution in [3.05, 3.63) is 34.1 Å². The minimum absolute atomic E-state index is 0.157. The highest BCUT2D eigenvalue weighted by molar-refractivity contribution is 6.31. The van der Waals surface area contributed by atoms with Crippen LogP contribution in [0, 0.1) is 18.2 Å². The van der Waals surface area contributed by atoms with E-state index >= 15 is 0 Å². The summed E-state index contributed by atoms with van der Waals surface area (Å²) in [6, 6.07) is 3.32. The monoisotopic (exact) mass is 282 g/mol. The van der Waals surface area contributed by atoms with E-state index in [0.717, 1.165) is 38.3 Å². The van der Waals surface area contributed by atoms with Gasteiger partial charge in [-0.15, -0.1) is 0 Å². The van der Waals surface area contributed by atoms with Crippen LogP contribution in [0.2, 0.25) is 5.02 Å². The summed E-state index contributed by atoms with van der Waals surface area (Å²) in [5.74, 6) is -0.157. The molecular weight excluding hydrogens is 263 g/mol. The van der Waals surface area contributed by atoms with Crippen LogP contribution in [0.15, 0.2) is 12.1 Å². The third-order valence-corrected chi connectivity index (χ3v) is 4.92. The van der Waals surface area contributed by atoms with Crippen LogP contribution < -0.4 is 5.32 Å². The maximum Gasteiger partial charge on any atom is 0.126 e. The number of aryl methyl sites for hydroxylation is 1. The molecule has 2 heterocycles. The van der Waals surface area contributed by atoms with Gasteiger partial charge in [0.15, 0.2) is 0 Å². The van der Waals surface area contributed by atoms with E-state index < -0.39 is 0 Å². The summed E-state index contributed by atoms with van der Waals surface area (Å²) >= 11 is 6.23. The van der Waals surface area contributed by atoms with Gasteiger partial charge < -0.3 is 5.32 Å². The molecule has 1 aromatic carbocycles. The largest absolute Gasteiger partial charge is 0.316 e. The third-order valence-electron chi connectivity index (χ3n) is 4.57. The molecule has 1 aromatic rings. The number of halogens is 2. The molecule has 2 nitrogen and oxygen atoms in total. The van der Waals surface area contributed by atoms with Crippen molar-refractivity contribution in [2.45, 2.75) is 26.3 Å². The quantitative estimate of drug-likeness (QED) is 0.897. The van der Waals surface area contributed by atoms with Gasteiger partial charge in [-0.3, -0.25) is 4.90 Å². The summed E-state index contributed by atoms with van der Waals surface area (Å²) in [5.41, 5.74) is 1.98. The Morgan fingerprint density at radius 3 is 3.00 bits per heavy atom. The van der Waals surface area contributed by atoms with Crippen LogP contribution in [0.1, 0.15) is 24.0 Å². The Morgan fingerprint density at radius 1 is 1.42 bits per heavy atom. The zero-order valence-electron chi connectivity index (χ0n) is 11.3. The highest BCUT2D eigenvalue weighted by atomic mass is 35.5. The molecule has 1 unspecified atom stereocenters. The van der Waals surface area contributed by atoms with Crippen molar-refractivity contribution in [3.63, 3.8) is 0 Å². The van der Waals surface area contributed by atoms with Gasteiger partial charge in [-0.1, -0.05) is 11.6 Å². The van der Waals surface area contributed by atoms with Gasteiger partial charge >= 0.3 is 0 Å². The first-order chi connectivity index (χ1) is 9.08. The third kappa shape index (κ3) is 2.64. The normalized spacial score (nSPS) is 27.5. The van der Waals surface area contributed by atoms with Crippen molar-refractivity contribution in [1.29, 1.82) is 0 Å². The van der Waals surface area contributed by atoms with Gasteiger partial charge in [-0.05, 0) is 61.5 Å². The molecule has 3 rings (SSSR count). The average Bonchev–Trinajstić information content (AvgIpc) is 2.98. The lowest BCUT2D eigenvalue weighted by Crippen LogP contribution is -2.29. The molecule has 0 bridgehead atoms. The van der Waals surface area contributed by atoms with Crippen molar-refractivity contribution in [1.82, 2.24) is 10.2 Å². The van der Waals surface area contributed by atoms with Gasteiger partial charge in [0.25, 0.3) is 0 Å². The predicted molar refractivity (Wildman–Crippen MR) is 76.0 cm³/mol. The minimum atomic E-state index is -0.157. The molecule has 1 spiro atoms. The highest BCUT2D eigenvalue weighted by Gasteiger charge is 2.40. The number of nitrogens with zero attached hydrogens (tertiary/aromatic N) is 1. The summed E-state index contributed by atoms with van der Waals surface area (Å²) in [6.45, 7) is 6.96. The second kappa shape index (κ2) is 5.04. The fourth-order valence-corrected chi connectivity index (χ4v) is 3.63. The summed E-state index contributed by atoms with van der Waals surface area (Å²) in [5, 5.41) is 4.14. The Kier molecular flexibility index (Phi) is 3.54. The van der Waals surface area contributed by atoms with Crippen molar-refractivity contribution < 1.29 is 4.39 Å². The van der Waals surface area contributed by atoms with Crippen LogP contribution in [-0.4, -0.2) is 31.1 Å². The van der Waals surface area contributed by atoms with E-state index in [0.29, 0.717) is 16.0 Å². The Labute approximate surface area is 118 Å². The topological polar surface area (TPSA) is 15.3 Å². The Hall–Kier alpha value is -0.640. The van der Waals surface area contributed by atoms with E-state index in [4.69, 9.17) is 11.6 Å². The van der Waals surface area contributed by atoms with Gasteiger partial charge in [0.2, 0.25) is 0 Å². The number of rotatable bonds is 2. The maximum absolute atomic E-state index is 13.6. The number of nitrogens with one attached hydrogen (secondary N) is 1. The van der Waals surface area contributed by atoms with Crippen LogP contribution in [0.4, 0.5) is 4.39 Å². The molecule has 0 aromatic heterocycles. The van der Waals surface area contributed by atoms with Gasteiger partial charge in [0.1, 0.15) is 5.82 Å². The first kappa shape index (κ1) is 13.3. The van der Waals surface area contributed by atoms with Gasteiger partial charge in [-0.25, -0.2) is 4.39 Å². The van der Waals surface area contributed by atoms with Crippen molar-refractivity contribution in [2.24, 2.45) is 5.41 Å². The van der Waals surface area contributed by atoms with Gasteiger partial charge in [0.05, 0.1) is 0 Å². The molecule has 1 N–H and O–H groups in total. The zero-order chi connectivity index (χ0) is 13.5. The predicted octanol–water partition coefficient (Wildman–Crippen LogP) is 2.97. The molecule has 0 saturated carbocycles. The SMILES string of the molecule is Cc1cc(Cl)c(CN2CCC3(CCNC3)C2)cc1F. The molecule has 0 amide bonds. The molecule has 1 atom stereocenters. The lowest BCUT2D eigenvalue weighted by molar-refractivity contribution is 0.268. The Bertz CT molecular complexity index is 483. The van der Waals surface area contributed by atoms with Crippen LogP contribution in [-0.2, 0) is 6.54 Å². The Morgan fingerprint density at radius 2 is 2.26 bits per heavy atom. The summed E-state index contributed by atoms with van der Waals surface area (Å²) in [6.07, 6.45) is 2.51. The maximum atomic E-state index is 13.6. The molecule has 0 aliphatic carbocycles. The summed E-state index contributed by atoms with van der Waals surface area (Å²) < 4.78 is 13.6. The van der Waals surface area contributed by atoms with Gasteiger partial charge in [0, 0.05) is 24.7 Å². The summed E-state index contributed by atoms with van der Waals surface area (Å²) in [4.78, 5) is 2.41. The van der Waals surface area contributed by atoms with E-state index in [-0.39, 0.29) is 5.82 Å². The van der Waals surface area contributed by atoms with Crippen molar-refractivity contribution in [3.8, 4) is 0 Å². The summed E-state index contributed by atoms with van der Waals surface area (Å²) in [7, 11) is 0. The van der Waals surface area contributed by atoms with E-state index in [9.17, 15) is 4.39 Å². The van der Waals surface area contributed by atoms with Crippen LogP contribution in [0.5, 0.6) is 0 Å². The standard InChI is InChI=1S/C15H20ClFN2/c1-11-6-13(16)12(7-14(11)17)8-19-5-3-15(10-19)2-4-18-9-15/h6-7,18H,2-5,8-10H2,1H3. The number of hydrogen-bond acceptors (Lipinski definition) is 2. The molecule has 104 valence electrons. The highest BCUT2D eigenvalue weighted by Crippen LogP contribution is 2.37. The van der Waals surface area contributed by atoms with Crippen LogP contribution >= 0.6 is 11.6 Å². The smallest absolute Gasteiger partial charge is 0.126 e. The number of likely N-dealkylation sites (tertiary alicyclic amines) is 1. The van der Waals surface area contributed by atoms with Crippen LogP contribution in [0.3, 0.4) is 0 Å². The van der Waals surface area contributed by atoms with Crippen LogP contribution in [0.25, 0.3) is 0 Å². The first-order valence-corrected chi connectivity index (χ1v) is 7.33. The molecule has 2 aliphatic heterocycles. The second-order valence-electron chi connectivity index (χ2n) is 6.08.